The predicted molar refractivity (Wildman–Crippen MR) is 92.5 cm³/mol. The Balaban J connectivity index is 1.93. The van der Waals surface area contributed by atoms with Crippen LogP contribution >= 0.6 is 11.3 Å². The van der Waals surface area contributed by atoms with Crippen LogP contribution in [0.15, 0.2) is 42.3 Å². The molecule has 6 nitrogen and oxygen atoms in total. The van der Waals surface area contributed by atoms with Crippen molar-refractivity contribution in [2.24, 2.45) is 0 Å². The number of ether oxygens (including phenoxy) is 2. The maximum absolute atomic E-state index is 12.2. The summed E-state index contributed by atoms with van der Waals surface area (Å²) in [4.78, 5) is 27.8. The molecule has 0 aliphatic heterocycles. The van der Waals surface area contributed by atoms with Crippen LogP contribution in [0.25, 0.3) is 0 Å². The van der Waals surface area contributed by atoms with Crippen LogP contribution < -0.4 is 10.1 Å². The van der Waals surface area contributed by atoms with E-state index in [1.165, 1.54) is 11.3 Å². The molecule has 0 unspecified atom stereocenters. The van der Waals surface area contributed by atoms with E-state index in [1.54, 1.807) is 42.6 Å². The van der Waals surface area contributed by atoms with Crippen LogP contribution in [0.3, 0.4) is 0 Å². The van der Waals surface area contributed by atoms with Gasteiger partial charge in [-0.1, -0.05) is 12.7 Å². The summed E-state index contributed by atoms with van der Waals surface area (Å²) in [5.41, 5.74) is 1.06. The van der Waals surface area contributed by atoms with E-state index in [0.29, 0.717) is 35.4 Å². The van der Waals surface area contributed by atoms with Crippen molar-refractivity contribution in [3.05, 3.63) is 53.6 Å². The number of hydrogen-bond donors (Lipinski definition) is 1. The number of nitrogens with one attached hydrogen (secondary N) is 1. The Hall–Kier alpha value is -2.67. The second-order valence-corrected chi connectivity index (χ2v) is 5.56. The van der Waals surface area contributed by atoms with Gasteiger partial charge in [0.2, 0.25) is 0 Å². The van der Waals surface area contributed by atoms with Crippen molar-refractivity contribution in [2.75, 3.05) is 18.5 Å². The molecule has 126 valence electrons. The average molecular weight is 346 g/mol. The van der Waals surface area contributed by atoms with Crippen LogP contribution in [0, 0.1) is 0 Å². The van der Waals surface area contributed by atoms with E-state index in [0.717, 1.165) is 0 Å². The molecule has 0 bridgehead atoms. The molecule has 0 saturated heterocycles. The third kappa shape index (κ3) is 5.20. The number of thiazole rings is 1. The number of hydrogen-bond acceptors (Lipinski definition) is 6. The summed E-state index contributed by atoms with van der Waals surface area (Å²) in [6.07, 6.45) is 1.74. The lowest BCUT2D eigenvalue weighted by Gasteiger charge is -2.05. The summed E-state index contributed by atoms with van der Waals surface area (Å²) in [5, 5.41) is 4.86. The van der Waals surface area contributed by atoms with Crippen molar-refractivity contribution in [2.45, 2.75) is 13.3 Å². The maximum Gasteiger partial charge on any atom is 0.311 e. The molecule has 0 aliphatic rings. The summed E-state index contributed by atoms with van der Waals surface area (Å²) in [5.74, 6) is 0.0514. The Morgan fingerprint density at radius 3 is 2.75 bits per heavy atom. The number of rotatable bonds is 8. The fraction of sp³-hybridized carbons (Fsp3) is 0.235. The van der Waals surface area contributed by atoms with E-state index in [9.17, 15) is 9.59 Å². The Morgan fingerprint density at radius 1 is 1.33 bits per heavy atom. The van der Waals surface area contributed by atoms with Crippen LogP contribution in [0.5, 0.6) is 5.75 Å². The standard InChI is InChI=1S/C17H18N2O4S/c1-3-9-23-14-7-5-12(6-8-14)16(21)19-17-18-13(11-24-17)10-15(20)22-4-2/h3,5-8,11H,1,4,9-10H2,2H3,(H,18,19,21). The smallest absolute Gasteiger partial charge is 0.311 e. The first-order valence-electron chi connectivity index (χ1n) is 7.37. The van der Waals surface area contributed by atoms with Gasteiger partial charge >= 0.3 is 5.97 Å². The summed E-state index contributed by atoms with van der Waals surface area (Å²) in [6, 6.07) is 6.76. The molecule has 1 N–H and O–H groups in total. The molecule has 24 heavy (non-hydrogen) atoms. The monoisotopic (exact) mass is 346 g/mol. The molecule has 1 aromatic carbocycles. The van der Waals surface area contributed by atoms with Gasteiger partial charge in [0.1, 0.15) is 12.4 Å². The molecule has 2 aromatic rings. The Morgan fingerprint density at radius 2 is 2.08 bits per heavy atom. The zero-order chi connectivity index (χ0) is 17.4. The summed E-state index contributed by atoms with van der Waals surface area (Å²) >= 11 is 1.26. The zero-order valence-electron chi connectivity index (χ0n) is 13.3. The molecule has 0 saturated carbocycles. The molecule has 0 spiro atoms. The van der Waals surface area contributed by atoms with Crippen molar-refractivity contribution >= 4 is 28.3 Å². The van der Waals surface area contributed by atoms with Gasteiger partial charge < -0.3 is 9.47 Å². The highest BCUT2D eigenvalue weighted by Gasteiger charge is 2.11. The SMILES string of the molecule is C=CCOc1ccc(C(=O)Nc2nc(CC(=O)OCC)cs2)cc1. The minimum absolute atomic E-state index is 0.0928. The average Bonchev–Trinajstić information content (AvgIpc) is 3.00. The molecule has 0 aliphatic carbocycles. The molecular formula is C17H18N2O4S. The molecular weight excluding hydrogens is 328 g/mol. The second kappa shape index (κ2) is 8.83. The van der Waals surface area contributed by atoms with Gasteiger partial charge in [0.05, 0.1) is 18.7 Å². The van der Waals surface area contributed by atoms with Gasteiger partial charge in [-0.3, -0.25) is 14.9 Å². The van der Waals surface area contributed by atoms with Crippen molar-refractivity contribution in [3.8, 4) is 5.75 Å². The zero-order valence-corrected chi connectivity index (χ0v) is 14.1. The van der Waals surface area contributed by atoms with E-state index >= 15 is 0 Å². The van der Waals surface area contributed by atoms with Crippen molar-refractivity contribution in [3.63, 3.8) is 0 Å². The second-order valence-electron chi connectivity index (χ2n) is 4.70. The molecule has 0 atom stereocenters. The van der Waals surface area contributed by atoms with E-state index < -0.39 is 0 Å². The first-order chi connectivity index (χ1) is 11.6. The number of anilines is 1. The predicted octanol–water partition coefficient (Wildman–Crippen LogP) is 3.07. The first-order valence-corrected chi connectivity index (χ1v) is 8.25. The van der Waals surface area contributed by atoms with E-state index in [4.69, 9.17) is 9.47 Å². The van der Waals surface area contributed by atoms with Crippen molar-refractivity contribution in [1.82, 2.24) is 4.98 Å². The minimum atomic E-state index is -0.337. The number of nitrogens with zero attached hydrogens (tertiary/aromatic N) is 1. The quantitative estimate of drug-likeness (QED) is 0.587. The molecule has 1 aromatic heterocycles. The topological polar surface area (TPSA) is 77.5 Å². The normalized spacial score (nSPS) is 10.0. The van der Waals surface area contributed by atoms with E-state index in [-0.39, 0.29) is 18.3 Å². The van der Waals surface area contributed by atoms with Crippen LogP contribution in [-0.4, -0.2) is 30.1 Å². The summed E-state index contributed by atoms with van der Waals surface area (Å²) in [6.45, 7) is 6.07. The van der Waals surface area contributed by atoms with Gasteiger partial charge in [-0.2, -0.15) is 0 Å². The maximum atomic E-state index is 12.2. The number of esters is 1. The van der Waals surface area contributed by atoms with Crippen LogP contribution in [0.1, 0.15) is 23.0 Å². The first kappa shape index (κ1) is 17.7. The van der Waals surface area contributed by atoms with Crippen LogP contribution in [-0.2, 0) is 16.0 Å². The number of benzene rings is 1. The third-order valence-corrected chi connectivity index (χ3v) is 3.69. The fourth-order valence-electron chi connectivity index (χ4n) is 1.83. The molecule has 1 heterocycles. The van der Waals surface area contributed by atoms with Crippen molar-refractivity contribution in [1.29, 1.82) is 0 Å². The van der Waals surface area contributed by atoms with Gasteiger partial charge in [-0.15, -0.1) is 11.3 Å². The Kier molecular flexibility index (Phi) is 6.51. The Bertz CT molecular complexity index is 710. The van der Waals surface area contributed by atoms with Gasteiger partial charge in [0.15, 0.2) is 5.13 Å². The lowest BCUT2D eigenvalue weighted by atomic mass is 10.2. The number of carbonyl (C=O) groups excluding carboxylic acids is 2. The Labute approximate surface area is 144 Å². The minimum Gasteiger partial charge on any atom is -0.490 e. The lowest BCUT2D eigenvalue weighted by Crippen LogP contribution is -2.12. The molecule has 7 heteroatoms. The molecule has 0 fully saturated rings. The molecule has 0 radical (unpaired) electrons. The largest absolute Gasteiger partial charge is 0.490 e. The van der Waals surface area contributed by atoms with Gasteiger partial charge in [-0.25, -0.2) is 4.98 Å². The number of aromatic nitrogens is 1. The van der Waals surface area contributed by atoms with Gasteiger partial charge in [0.25, 0.3) is 5.91 Å². The van der Waals surface area contributed by atoms with E-state index in [1.807, 2.05) is 0 Å². The van der Waals surface area contributed by atoms with E-state index in [2.05, 4.69) is 16.9 Å². The summed E-state index contributed by atoms with van der Waals surface area (Å²) < 4.78 is 10.2. The number of amides is 1. The highest BCUT2D eigenvalue weighted by molar-refractivity contribution is 7.14. The summed E-state index contributed by atoms with van der Waals surface area (Å²) in [7, 11) is 0. The highest BCUT2D eigenvalue weighted by atomic mass is 32.1. The van der Waals surface area contributed by atoms with Gasteiger partial charge in [-0.05, 0) is 31.2 Å². The highest BCUT2D eigenvalue weighted by Crippen LogP contribution is 2.18. The third-order valence-electron chi connectivity index (χ3n) is 2.89. The van der Waals surface area contributed by atoms with Crippen molar-refractivity contribution < 1.29 is 19.1 Å². The van der Waals surface area contributed by atoms with Crippen LogP contribution in [0.4, 0.5) is 5.13 Å². The lowest BCUT2D eigenvalue weighted by molar-refractivity contribution is -0.142. The molecule has 1 amide bonds. The fourth-order valence-corrected chi connectivity index (χ4v) is 2.54. The molecule has 2 rings (SSSR count). The van der Waals surface area contributed by atoms with Crippen LogP contribution in [0.2, 0.25) is 0 Å². The van der Waals surface area contributed by atoms with Gasteiger partial charge in [0, 0.05) is 10.9 Å². The number of carbonyl (C=O) groups is 2.